The van der Waals surface area contributed by atoms with Crippen LogP contribution in [0, 0.1) is 0 Å². The summed E-state index contributed by atoms with van der Waals surface area (Å²) in [6.07, 6.45) is -0.153. The Morgan fingerprint density at radius 2 is 1.97 bits per heavy atom. The molecule has 0 spiro atoms. The van der Waals surface area contributed by atoms with E-state index in [2.05, 4.69) is 20.0 Å². The van der Waals surface area contributed by atoms with E-state index >= 15 is 0 Å². The maximum absolute atomic E-state index is 13.3. The van der Waals surface area contributed by atoms with Gasteiger partial charge in [-0.1, -0.05) is 30.1 Å². The topological polar surface area (TPSA) is 97.6 Å². The van der Waals surface area contributed by atoms with E-state index in [4.69, 9.17) is 4.74 Å². The molecular formula is C22H23F3N4O4. The van der Waals surface area contributed by atoms with E-state index in [0.29, 0.717) is 25.1 Å². The number of carbonyl (C=O) groups is 2. The molecule has 2 aromatic rings. The van der Waals surface area contributed by atoms with Gasteiger partial charge in [-0.15, -0.1) is 0 Å². The molecule has 33 heavy (non-hydrogen) atoms. The van der Waals surface area contributed by atoms with Crippen LogP contribution in [0.2, 0.25) is 0 Å². The molecule has 3 aliphatic rings. The highest BCUT2D eigenvalue weighted by atomic mass is 19.4. The Labute approximate surface area is 187 Å². The van der Waals surface area contributed by atoms with Crippen molar-refractivity contribution in [3.63, 3.8) is 0 Å². The van der Waals surface area contributed by atoms with E-state index in [9.17, 15) is 22.8 Å². The number of benzene rings is 1. The number of carbonyl (C=O) groups excluding carboxylic acids is 2. The highest BCUT2D eigenvalue weighted by Crippen LogP contribution is 2.34. The average Bonchev–Trinajstić information content (AvgIpc) is 3.54. The predicted octanol–water partition coefficient (Wildman–Crippen LogP) is 3.32. The van der Waals surface area contributed by atoms with Crippen LogP contribution in [-0.2, 0) is 22.3 Å². The number of halogens is 3. The van der Waals surface area contributed by atoms with Crippen molar-refractivity contribution in [3.05, 3.63) is 35.2 Å². The molecule has 1 aromatic carbocycles. The monoisotopic (exact) mass is 464 g/mol. The Morgan fingerprint density at radius 1 is 1.15 bits per heavy atom. The number of hydrogen-bond acceptors (Lipinski definition) is 6. The van der Waals surface area contributed by atoms with E-state index in [-0.39, 0.29) is 35.3 Å². The Hall–Kier alpha value is -2.95. The molecule has 11 heteroatoms. The molecule has 3 heterocycles. The Bertz CT molecular complexity index is 1060. The van der Waals surface area contributed by atoms with Crippen molar-refractivity contribution in [2.45, 2.75) is 69.4 Å². The van der Waals surface area contributed by atoms with Crippen LogP contribution < -0.4 is 5.32 Å². The first-order valence-electron chi connectivity index (χ1n) is 11.1. The number of amides is 2. The van der Waals surface area contributed by atoms with Gasteiger partial charge in [0.1, 0.15) is 6.10 Å². The Kier molecular flexibility index (Phi) is 5.59. The molecule has 0 radical (unpaired) electrons. The lowest BCUT2D eigenvalue weighted by Gasteiger charge is -2.38. The maximum atomic E-state index is 13.3. The number of fused-ring (bicyclic) bond motifs is 1. The van der Waals surface area contributed by atoms with Crippen LogP contribution in [0.25, 0.3) is 11.4 Å². The van der Waals surface area contributed by atoms with Gasteiger partial charge in [-0.25, -0.2) is 0 Å². The third-order valence-corrected chi connectivity index (χ3v) is 6.55. The number of ether oxygens (including phenoxy) is 1. The number of nitrogens with zero attached hydrogens (tertiary/aromatic N) is 3. The van der Waals surface area contributed by atoms with Gasteiger partial charge in [0.05, 0.1) is 6.04 Å². The van der Waals surface area contributed by atoms with Crippen molar-refractivity contribution >= 4 is 11.8 Å². The minimum Gasteiger partial charge on any atom is -0.368 e. The molecular weight excluding hydrogens is 441 g/mol. The van der Waals surface area contributed by atoms with Gasteiger partial charge in [0.25, 0.3) is 5.91 Å². The summed E-state index contributed by atoms with van der Waals surface area (Å²) in [4.78, 5) is 31.0. The van der Waals surface area contributed by atoms with Gasteiger partial charge in [-0.2, -0.15) is 18.2 Å². The van der Waals surface area contributed by atoms with Crippen LogP contribution in [0.3, 0.4) is 0 Å². The number of rotatable bonds is 4. The minimum atomic E-state index is -4.74. The van der Waals surface area contributed by atoms with Crippen molar-refractivity contribution in [3.8, 4) is 11.4 Å². The standard InChI is InChI=1S/C22H23F3N4O4/c23-22(24,25)21-27-18(28-33-21)12-7-8-13-11-29(20(31)14(13)10-12)16-5-2-1-4-15(16)26-19(30)17-6-3-9-32-17/h7-8,10,15-17H,1-6,9,11H2,(H,26,30)/t15-,16-,17+/m1/s1. The lowest BCUT2D eigenvalue weighted by molar-refractivity contribution is -0.159. The lowest BCUT2D eigenvalue weighted by atomic mass is 9.89. The highest BCUT2D eigenvalue weighted by molar-refractivity contribution is 5.99. The van der Waals surface area contributed by atoms with Crippen LogP contribution in [0.15, 0.2) is 22.7 Å². The second kappa shape index (κ2) is 8.44. The third-order valence-electron chi connectivity index (χ3n) is 6.55. The highest BCUT2D eigenvalue weighted by Gasteiger charge is 2.41. The summed E-state index contributed by atoms with van der Waals surface area (Å²) in [5.41, 5.74) is 1.45. The van der Waals surface area contributed by atoms with Crippen LogP contribution in [0.5, 0.6) is 0 Å². The van der Waals surface area contributed by atoms with Gasteiger partial charge >= 0.3 is 12.1 Å². The lowest BCUT2D eigenvalue weighted by Crippen LogP contribution is -2.55. The van der Waals surface area contributed by atoms with Gasteiger partial charge in [0, 0.05) is 30.3 Å². The molecule has 2 fully saturated rings. The molecule has 1 aromatic heterocycles. The molecule has 2 aliphatic heterocycles. The zero-order chi connectivity index (χ0) is 23.2. The quantitative estimate of drug-likeness (QED) is 0.746. The second-order valence-corrected chi connectivity index (χ2v) is 8.69. The zero-order valence-corrected chi connectivity index (χ0v) is 17.7. The van der Waals surface area contributed by atoms with Crippen LogP contribution in [0.4, 0.5) is 13.2 Å². The minimum absolute atomic E-state index is 0.131. The molecule has 176 valence electrons. The van der Waals surface area contributed by atoms with Crippen molar-refractivity contribution in [2.75, 3.05) is 6.61 Å². The fourth-order valence-corrected chi connectivity index (χ4v) is 4.90. The summed E-state index contributed by atoms with van der Waals surface area (Å²) in [7, 11) is 0. The normalized spacial score (nSPS) is 25.4. The van der Waals surface area contributed by atoms with E-state index in [1.807, 2.05) is 0 Å². The fraction of sp³-hybridized carbons (Fsp3) is 0.545. The van der Waals surface area contributed by atoms with Crippen molar-refractivity contribution in [1.29, 1.82) is 0 Å². The molecule has 2 amide bonds. The molecule has 1 N–H and O–H groups in total. The van der Waals surface area contributed by atoms with Gasteiger partial charge < -0.3 is 19.5 Å². The summed E-state index contributed by atoms with van der Waals surface area (Å²) in [5, 5.41) is 6.50. The zero-order valence-electron chi connectivity index (χ0n) is 17.7. The number of hydrogen-bond donors (Lipinski definition) is 1. The average molecular weight is 464 g/mol. The van der Waals surface area contributed by atoms with Crippen molar-refractivity contribution in [2.24, 2.45) is 0 Å². The fourth-order valence-electron chi connectivity index (χ4n) is 4.90. The summed E-state index contributed by atoms with van der Waals surface area (Å²) >= 11 is 0. The van der Waals surface area contributed by atoms with E-state index in [1.54, 1.807) is 17.0 Å². The van der Waals surface area contributed by atoms with Crippen molar-refractivity contribution in [1.82, 2.24) is 20.4 Å². The first-order valence-corrected chi connectivity index (χ1v) is 11.1. The van der Waals surface area contributed by atoms with Gasteiger partial charge in [0.15, 0.2) is 0 Å². The summed E-state index contributed by atoms with van der Waals surface area (Å²) in [6.45, 7) is 0.963. The van der Waals surface area contributed by atoms with Crippen LogP contribution in [0.1, 0.15) is 60.3 Å². The molecule has 3 atom stereocenters. The summed E-state index contributed by atoms with van der Waals surface area (Å²) in [5.74, 6) is -2.00. The molecule has 5 rings (SSSR count). The first-order chi connectivity index (χ1) is 15.8. The number of nitrogens with one attached hydrogen (secondary N) is 1. The summed E-state index contributed by atoms with van der Waals surface area (Å²) in [6, 6.07) is 4.47. The van der Waals surface area contributed by atoms with Crippen LogP contribution >= 0.6 is 0 Å². The Morgan fingerprint density at radius 3 is 2.70 bits per heavy atom. The van der Waals surface area contributed by atoms with Gasteiger partial charge in [-0.3, -0.25) is 9.59 Å². The molecule has 0 bridgehead atoms. The molecule has 1 saturated heterocycles. The summed E-state index contributed by atoms with van der Waals surface area (Å²) < 4.78 is 48.2. The number of alkyl halides is 3. The number of aromatic nitrogens is 2. The Balaban J connectivity index is 1.34. The molecule has 8 nitrogen and oxygen atoms in total. The van der Waals surface area contributed by atoms with E-state index < -0.39 is 18.2 Å². The van der Waals surface area contributed by atoms with Gasteiger partial charge in [0.2, 0.25) is 11.7 Å². The largest absolute Gasteiger partial charge is 0.471 e. The van der Waals surface area contributed by atoms with E-state index in [0.717, 1.165) is 37.7 Å². The van der Waals surface area contributed by atoms with Crippen molar-refractivity contribution < 1.29 is 32.0 Å². The SMILES string of the molecule is O=C(N[C@@H]1CCCC[C@H]1N1Cc2ccc(-c3noc(C(F)(F)F)n3)cc2C1=O)[C@@H]1CCCO1. The molecule has 1 saturated carbocycles. The smallest absolute Gasteiger partial charge is 0.368 e. The predicted molar refractivity (Wildman–Crippen MR) is 108 cm³/mol. The first kappa shape index (κ1) is 21.9. The second-order valence-electron chi connectivity index (χ2n) is 8.69. The molecule has 1 aliphatic carbocycles. The van der Waals surface area contributed by atoms with E-state index in [1.165, 1.54) is 6.07 Å². The molecule has 0 unspecified atom stereocenters. The van der Waals surface area contributed by atoms with Crippen LogP contribution in [-0.4, -0.2) is 51.6 Å². The third kappa shape index (κ3) is 4.21. The van der Waals surface area contributed by atoms with Gasteiger partial charge in [-0.05, 0) is 37.3 Å². The maximum Gasteiger partial charge on any atom is 0.471 e.